The minimum absolute atomic E-state index is 0.158. The fourth-order valence-corrected chi connectivity index (χ4v) is 3.48. The number of hydrogen-bond donors (Lipinski definition) is 0. The highest BCUT2D eigenvalue weighted by atomic mass is 32.2. The number of rotatable bonds is 17. The Balaban J connectivity index is 3.95. The van der Waals surface area contributed by atoms with Crippen molar-refractivity contribution < 1.29 is 22.1 Å². The molecule has 6 heteroatoms. The Morgan fingerprint density at radius 3 is 2.23 bits per heavy atom. The van der Waals surface area contributed by atoms with Crippen LogP contribution in [0.25, 0.3) is 0 Å². The van der Waals surface area contributed by atoms with Crippen LogP contribution in [0.1, 0.15) is 90.4 Å². The minimum atomic E-state index is -3.42. The lowest BCUT2D eigenvalue weighted by atomic mass is 10.0. The van der Waals surface area contributed by atoms with Gasteiger partial charge in [-0.05, 0) is 38.5 Å². The Bertz CT molecular complexity index is 471. The van der Waals surface area contributed by atoms with Gasteiger partial charge in [0.05, 0.1) is 19.5 Å². The van der Waals surface area contributed by atoms with E-state index < -0.39 is 10.1 Å². The van der Waals surface area contributed by atoms with Crippen LogP contribution in [0.2, 0.25) is 0 Å². The minimum Gasteiger partial charge on any atom is -0.469 e. The second-order valence-electron chi connectivity index (χ2n) is 6.85. The van der Waals surface area contributed by atoms with Gasteiger partial charge in [-0.1, -0.05) is 57.6 Å². The molecule has 0 aromatic rings. The molecule has 0 rings (SSSR count). The SMILES string of the molecule is CCCCCC=CCCC(CCCCCCCC(=O)OC)OS(C)(=O)=O. The summed E-state index contributed by atoms with van der Waals surface area (Å²) in [4.78, 5) is 11.0. The zero-order chi connectivity index (χ0) is 19.7. The second-order valence-corrected chi connectivity index (χ2v) is 8.45. The molecule has 1 unspecified atom stereocenters. The molecule has 0 saturated carbocycles. The number of methoxy groups -OCH3 is 1. The van der Waals surface area contributed by atoms with Gasteiger partial charge in [-0.25, -0.2) is 0 Å². The summed E-state index contributed by atoms with van der Waals surface area (Å²) in [5.41, 5.74) is 0. The number of ether oxygens (including phenoxy) is 1. The van der Waals surface area contributed by atoms with Crippen LogP contribution in [0.15, 0.2) is 12.2 Å². The van der Waals surface area contributed by atoms with Crippen LogP contribution < -0.4 is 0 Å². The highest BCUT2D eigenvalue weighted by Crippen LogP contribution is 2.16. The molecule has 0 saturated heterocycles. The number of hydrogen-bond acceptors (Lipinski definition) is 5. The van der Waals surface area contributed by atoms with Crippen molar-refractivity contribution in [3.63, 3.8) is 0 Å². The number of carbonyl (C=O) groups excluding carboxylic acids is 1. The molecular weight excluding hydrogens is 352 g/mol. The van der Waals surface area contributed by atoms with Gasteiger partial charge in [0.15, 0.2) is 0 Å². The van der Waals surface area contributed by atoms with Crippen LogP contribution in [-0.4, -0.2) is 33.9 Å². The van der Waals surface area contributed by atoms with Gasteiger partial charge in [-0.2, -0.15) is 8.42 Å². The van der Waals surface area contributed by atoms with Crippen LogP contribution >= 0.6 is 0 Å². The molecule has 0 fully saturated rings. The largest absolute Gasteiger partial charge is 0.469 e. The van der Waals surface area contributed by atoms with Crippen molar-refractivity contribution in [3.8, 4) is 0 Å². The Labute approximate surface area is 160 Å². The lowest BCUT2D eigenvalue weighted by Gasteiger charge is -2.15. The van der Waals surface area contributed by atoms with Gasteiger partial charge >= 0.3 is 5.97 Å². The molecule has 0 amide bonds. The van der Waals surface area contributed by atoms with Crippen LogP contribution in [0, 0.1) is 0 Å². The van der Waals surface area contributed by atoms with Gasteiger partial charge in [-0.15, -0.1) is 0 Å². The van der Waals surface area contributed by atoms with Crippen molar-refractivity contribution in [3.05, 3.63) is 12.2 Å². The average molecular weight is 391 g/mol. The van der Waals surface area contributed by atoms with Gasteiger partial charge in [-0.3, -0.25) is 8.98 Å². The Morgan fingerprint density at radius 2 is 1.58 bits per heavy atom. The number of unbranched alkanes of at least 4 members (excludes halogenated alkanes) is 7. The van der Waals surface area contributed by atoms with Gasteiger partial charge in [0.2, 0.25) is 0 Å². The molecule has 0 aromatic heterocycles. The first-order valence-corrected chi connectivity index (χ1v) is 11.8. The van der Waals surface area contributed by atoms with Gasteiger partial charge in [0.1, 0.15) is 0 Å². The normalized spacial score (nSPS) is 13.2. The zero-order valence-corrected chi connectivity index (χ0v) is 17.7. The summed E-state index contributed by atoms with van der Waals surface area (Å²) in [6.07, 6.45) is 17.7. The van der Waals surface area contributed by atoms with Crippen molar-refractivity contribution in [2.45, 2.75) is 96.5 Å². The molecule has 0 aromatic carbocycles. The van der Waals surface area contributed by atoms with Crippen molar-refractivity contribution in [1.29, 1.82) is 0 Å². The number of carbonyl (C=O) groups is 1. The lowest BCUT2D eigenvalue weighted by Crippen LogP contribution is -2.17. The predicted octanol–water partition coefficient (Wildman–Crippen LogP) is 5.15. The summed E-state index contributed by atoms with van der Waals surface area (Å²) in [6.45, 7) is 2.19. The van der Waals surface area contributed by atoms with Crippen molar-refractivity contribution >= 4 is 16.1 Å². The fraction of sp³-hybridized carbons (Fsp3) is 0.850. The molecule has 0 aliphatic carbocycles. The molecule has 0 N–H and O–H groups in total. The molecule has 0 spiro atoms. The maximum Gasteiger partial charge on any atom is 0.305 e. The van der Waals surface area contributed by atoms with E-state index in [-0.39, 0.29) is 12.1 Å². The van der Waals surface area contributed by atoms with Crippen LogP contribution in [0.5, 0.6) is 0 Å². The van der Waals surface area contributed by atoms with E-state index in [2.05, 4.69) is 23.8 Å². The van der Waals surface area contributed by atoms with Gasteiger partial charge in [0.25, 0.3) is 10.1 Å². The highest BCUT2D eigenvalue weighted by Gasteiger charge is 2.14. The average Bonchev–Trinajstić information content (AvgIpc) is 2.58. The van der Waals surface area contributed by atoms with E-state index in [0.29, 0.717) is 6.42 Å². The highest BCUT2D eigenvalue weighted by molar-refractivity contribution is 7.86. The maximum absolute atomic E-state index is 11.4. The Kier molecular flexibility index (Phi) is 15.8. The number of allylic oxidation sites excluding steroid dienone is 2. The summed E-state index contributed by atoms with van der Waals surface area (Å²) in [5.74, 6) is -0.158. The molecule has 0 aliphatic heterocycles. The van der Waals surface area contributed by atoms with Crippen molar-refractivity contribution in [1.82, 2.24) is 0 Å². The third-order valence-corrected chi connectivity index (χ3v) is 4.86. The smallest absolute Gasteiger partial charge is 0.305 e. The van der Waals surface area contributed by atoms with Gasteiger partial charge < -0.3 is 4.74 Å². The Hall–Kier alpha value is -0.880. The molecule has 0 radical (unpaired) electrons. The topological polar surface area (TPSA) is 69.7 Å². The summed E-state index contributed by atoms with van der Waals surface area (Å²) in [6, 6.07) is 0. The molecule has 0 bridgehead atoms. The third kappa shape index (κ3) is 17.9. The van der Waals surface area contributed by atoms with E-state index >= 15 is 0 Å². The predicted molar refractivity (Wildman–Crippen MR) is 107 cm³/mol. The molecule has 1 atom stereocenters. The molecule has 5 nitrogen and oxygen atoms in total. The molecule has 0 heterocycles. The van der Waals surface area contributed by atoms with Crippen molar-refractivity contribution in [2.75, 3.05) is 13.4 Å². The first-order valence-electron chi connectivity index (χ1n) is 9.99. The first kappa shape index (κ1) is 25.1. The summed E-state index contributed by atoms with van der Waals surface area (Å²) >= 11 is 0. The zero-order valence-electron chi connectivity index (χ0n) is 16.9. The van der Waals surface area contributed by atoms with E-state index in [9.17, 15) is 13.2 Å². The van der Waals surface area contributed by atoms with E-state index in [1.54, 1.807) is 0 Å². The fourth-order valence-electron chi connectivity index (χ4n) is 2.79. The van der Waals surface area contributed by atoms with Crippen LogP contribution in [-0.2, 0) is 23.8 Å². The lowest BCUT2D eigenvalue weighted by molar-refractivity contribution is -0.140. The first-order chi connectivity index (χ1) is 12.4. The van der Waals surface area contributed by atoms with Gasteiger partial charge in [0, 0.05) is 6.42 Å². The molecule has 26 heavy (non-hydrogen) atoms. The van der Waals surface area contributed by atoms with Crippen LogP contribution in [0.4, 0.5) is 0 Å². The third-order valence-electron chi connectivity index (χ3n) is 4.24. The van der Waals surface area contributed by atoms with E-state index in [4.69, 9.17) is 4.18 Å². The van der Waals surface area contributed by atoms with Crippen molar-refractivity contribution in [2.24, 2.45) is 0 Å². The van der Waals surface area contributed by atoms with E-state index in [1.807, 2.05) is 0 Å². The molecule has 154 valence electrons. The quantitative estimate of drug-likeness (QED) is 0.149. The molecule has 0 aliphatic rings. The second kappa shape index (κ2) is 16.3. The Morgan fingerprint density at radius 1 is 0.923 bits per heavy atom. The summed E-state index contributed by atoms with van der Waals surface area (Å²) < 4.78 is 32.7. The van der Waals surface area contributed by atoms with Crippen LogP contribution in [0.3, 0.4) is 0 Å². The maximum atomic E-state index is 11.4. The van der Waals surface area contributed by atoms with E-state index in [1.165, 1.54) is 26.4 Å². The summed E-state index contributed by atoms with van der Waals surface area (Å²) in [7, 11) is -2.01. The molecular formula is C20H38O5S. The summed E-state index contributed by atoms with van der Waals surface area (Å²) in [5, 5.41) is 0. The standard InChI is InChI=1S/C20H38O5S/c1-4-5-6-7-8-10-13-16-19(25-26(3,22)23)17-14-11-9-12-15-18-20(21)24-2/h8,10,19H,4-7,9,11-18H2,1-3H3. The number of esters is 1. The monoisotopic (exact) mass is 390 g/mol. The van der Waals surface area contributed by atoms with E-state index in [0.717, 1.165) is 64.0 Å².